The van der Waals surface area contributed by atoms with Crippen molar-refractivity contribution in [3.8, 4) is 0 Å². The number of nitrogens with one attached hydrogen (secondary N) is 3. The summed E-state index contributed by atoms with van der Waals surface area (Å²) in [6.07, 6.45) is 4.13. The number of hydrazine groups is 1. The number of nitrogens with two attached hydrogens (primary N) is 1. The summed E-state index contributed by atoms with van der Waals surface area (Å²) < 4.78 is 13.3. The number of hydrogen-bond donors (Lipinski definition) is 4. The van der Waals surface area contributed by atoms with Gasteiger partial charge in [-0.2, -0.15) is 0 Å². The van der Waals surface area contributed by atoms with Gasteiger partial charge in [0, 0.05) is 36.8 Å². The molecule has 0 amide bonds. The van der Waals surface area contributed by atoms with Gasteiger partial charge < -0.3 is 16.2 Å². The van der Waals surface area contributed by atoms with Gasteiger partial charge >= 0.3 is 0 Å². The maximum absolute atomic E-state index is 13.3. The average Bonchev–Trinajstić information content (AvgIpc) is 2.25. The van der Waals surface area contributed by atoms with Crippen LogP contribution in [0.4, 0.5) is 10.2 Å². The van der Waals surface area contributed by atoms with Gasteiger partial charge in [0.25, 0.3) is 0 Å². The van der Waals surface area contributed by atoms with Crippen LogP contribution in [0.25, 0.3) is 5.57 Å². The summed E-state index contributed by atoms with van der Waals surface area (Å²) in [5, 5.41) is 9.91. The zero-order chi connectivity index (χ0) is 11.3. The largest absolute Gasteiger partial charge is 0.393 e. The summed E-state index contributed by atoms with van der Waals surface area (Å²) in [5.74, 6) is 4.47. The fourth-order valence-corrected chi connectivity index (χ4v) is 1.07. The van der Waals surface area contributed by atoms with Gasteiger partial charge in [-0.05, 0) is 6.07 Å². The summed E-state index contributed by atoms with van der Waals surface area (Å²) in [6, 6.07) is 1.26. The molecule has 1 aromatic rings. The molecule has 0 aliphatic rings. The summed E-state index contributed by atoms with van der Waals surface area (Å²) in [4.78, 5) is 3.76. The number of halogens is 1. The first-order chi connectivity index (χ1) is 7.22. The molecule has 0 aliphatic carbocycles. The van der Waals surface area contributed by atoms with Crippen LogP contribution in [0.2, 0.25) is 0 Å². The van der Waals surface area contributed by atoms with Gasteiger partial charge in [0.2, 0.25) is 0 Å². The minimum Gasteiger partial charge on any atom is -0.393 e. The van der Waals surface area contributed by atoms with E-state index in [0.717, 1.165) is 6.21 Å². The second-order valence-electron chi connectivity index (χ2n) is 2.73. The number of aromatic nitrogens is 1. The first-order valence-corrected chi connectivity index (χ1v) is 4.23. The van der Waals surface area contributed by atoms with Crippen LogP contribution in [-0.4, -0.2) is 18.2 Å². The normalized spacial score (nSPS) is 11.0. The molecule has 0 unspecified atom stereocenters. The van der Waals surface area contributed by atoms with E-state index in [9.17, 15) is 4.39 Å². The third-order valence-electron chi connectivity index (χ3n) is 1.77. The molecular formula is C9H12FN5. The summed E-state index contributed by atoms with van der Waals surface area (Å²) in [7, 11) is 1.70. The fraction of sp³-hybridized carbons (Fsp3) is 0.111. The summed E-state index contributed by atoms with van der Waals surface area (Å²) in [6.45, 7) is 0. The molecule has 0 aromatic carbocycles. The Morgan fingerprint density at radius 2 is 2.40 bits per heavy atom. The lowest BCUT2D eigenvalue weighted by molar-refractivity contribution is 0.624. The predicted octanol–water partition coefficient (Wildman–Crippen LogP) is 0.716. The number of allylic oxidation sites excluding steroid dienone is 1. The Hall–Kier alpha value is -1.95. The van der Waals surface area contributed by atoms with Crippen LogP contribution in [0.3, 0.4) is 0 Å². The molecule has 1 heterocycles. The number of pyridine rings is 1. The highest BCUT2D eigenvalue weighted by Gasteiger charge is 2.05. The number of nitrogen functional groups attached to an aromatic ring is 1. The molecule has 5 nitrogen and oxygen atoms in total. The van der Waals surface area contributed by atoms with Crippen LogP contribution in [-0.2, 0) is 0 Å². The van der Waals surface area contributed by atoms with Crippen LogP contribution < -0.4 is 16.6 Å². The molecule has 0 spiro atoms. The van der Waals surface area contributed by atoms with Gasteiger partial charge in [0.1, 0.15) is 0 Å². The van der Waals surface area contributed by atoms with Crippen molar-refractivity contribution in [2.75, 3.05) is 12.5 Å². The molecule has 0 saturated heterocycles. The highest BCUT2D eigenvalue weighted by atomic mass is 19.1. The number of nitrogens with zero attached hydrogens (tertiary/aromatic N) is 1. The standard InChI is InChI=1S/C9H12FN5/c1-13-4-7(3-11)6-2-8(10)9(15-12)14-5-6/h2-5,11,13H,12H2,1H3,(H,14,15)/b7-4+,11-3?. The number of rotatable bonds is 4. The van der Waals surface area contributed by atoms with E-state index in [-0.39, 0.29) is 5.82 Å². The lowest BCUT2D eigenvalue weighted by Gasteiger charge is -2.04. The van der Waals surface area contributed by atoms with Crippen molar-refractivity contribution < 1.29 is 4.39 Å². The van der Waals surface area contributed by atoms with E-state index in [1.165, 1.54) is 12.3 Å². The minimum absolute atomic E-state index is 0.0208. The molecule has 0 bridgehead atoms. The zero-order valence-electron chi connectivity index (χ0n) is 8.21. The Balaban J connectivity index is 3.11. The van der Waals surface area contributed by atoms with Crippen molar-refractivity contribution >= 4 is 17.6 Å². The molecule has 5 N–H and O–H groups in total. The maximum atomic E-state index is 13.3. The molecular weight excluding hydrogens is 197 g/mol. The Kier molecular flexibility index (Phi) is 3.75. The zero-order valence-corrected chi connectivity index (χ0v) is 8.21. The van der Waals surface area contributed by atoms with Crippen LogP contribution in [0.5, 0.6) is 0 Å². The Morgan fingerprint density at radius 1 is 1.67 bits per heavy atom. The SMILES string of the molecule is CN/C=C(\C=N)c1cnc(NN)c(F)c1. The molecule has 0 radical (unpaired) electrons. The van der Waals surface area contributed by atoms with E-state index in [0.29, 0.717) is 11.1 Å². The van der Waals surface area contributed by atoms with Crippen molar-refractivity contribution in [1.82, 2.24) is 10.3 Å². The van der Waals surface area contributed by atoms with E-state index in [1.807, 2.05) is 0 Å². The fourth-order valence-electron chi connectivity index (χ4n) is 1.07. The van der Waals surface area contributed by atoms with Gasteiger partial charge in [-0.3, -0.25) is 0 Å². The predicted molar refractivity (Wildman–Crippen MR) is 57.8 cm³/mol. The van der Waals surface area contributed by atoms with E-state index >= 15 is 0 Å². The maximum Gasteiger partial charge on any atom is 0.176 e. The first-order valence-electron chi connectivity index (χ1n) is 4.23. The lowest BCUT2D eigenvalue weighted by atomic mass is 10.1. The van der Waals surface area contributed by atoms with Crippen molar-refractivity contribution in [3.63, 3.8) is 0 Å². The van der Waals surface area contributed by atoms with Crippen molar-refractivity contribution in [2.24, 2.45) is 5.84 Å². The molecule has 0 fully saturated rings. The lowest BCUT2D eigenvalue weighted by Crippen LogP contribution is -2.10. The smallest absolute Gasteiger partial charge is 0.176 e. The quantitative estimate of drug-likeness (QED) is 0.334. The molecule has 0 aliphatic heterocycles. The minimum atomic E-state index is -0.557. The second kappa shape index (κ2) is 5.06. The Morgan fingerprint density at radius 3 is 2.87 bits per heavy atom. The van der Waals surface area contributed by atoms with Crippen LogP contribution in [0, 0.1) is 11.2 Å². The van der Waals surface area contributed by atoms with Gasteiger partial charge in [-0.15, -0.1) is 0 Å². The Bertz CT molecular complexity index is 388. The van der Waals surface area contributed by atoms with Crippen molar-refractivity contribution in [3.05, 3.63) is 29.8 Å². The van der Waals surface area contributed by atoms with Crippen molar-refractivity contribution in [2.45, 2.75) is 0 Å². The van der Waals surface area contributed by atoms with E-state index in [2.05, 4.69) is 15.7 Å². The topological polar surface area (TPSA) is 86.8 Å². The van der Waals surface area contributed by atoms with Crippen LogP contribution in [0.1, 0.15) is 5.56 Å². The highest BCUT2D eigenvalue weighted by Crippen LogP contribution is 2.16. The highest BCUT2D eigenvalue weighted by molar-refractivity contribution is 6.08. The van der Waals surface area contributed by atoms with E-state index in [4.69, 9.17) is 11.3 Å². The summed E-state index contributed by atoms with van der Waals surface area (Å²) >= 11 is 0. The molecule has 0 atom stereocenters. The van der Waals surface area contributed by atoms with Crippen LogP contribution in [0.15, 0.2) is 18.5 Å². The molecule has 15 heavy (non-hydrogen) atoms. The third kappa shape index (κ3) is 2.50. The monoisotopic (exact) mass is 209 g/mol. The number of anilines is 1. The van der Waals surface area contributed by atoms with Gasteiger partial charge in [-0.25, -0.2) is 15.2 Å². The van der Waals surface area contributed by atoms with Gasteiger partial charge in [0.15, 0.2) is 11.6 Å². The molecule has 6 heteroatoms. The van der Waals surface area contributed by atoms with Crippen LogP contribution >= 0.6 is 0 Å². The molecule has 0 saturated carbocycles. The first kappa shape index (κ1) is 11.1. The van der Waals surface area contributed by atoms with Gasteiger partial charge in [-0.1, -0.05) is 0 Å². The van der Waals surface area contributed by atoms with Gasteiger partial charge in [0.05, 0.1) is 0 Å². The summed E-state index contributed by atoms with van der Waals surface area (Å²) in [5.41, 5.74) is 3.18. The van der Waals surface area contributed by atoms with E-state index in [1.54, 1.807) is 13.2 Å². The van der Waals surface area contributed by atoms with E-state index < -0.39 is 5.82 Å². The Labute approximate surface area is 86.7 Å². The molecule has 1 aromatic heterocycles. The molecule has 80 valence electrons. The third-order valence-corrected chi connectivity index (χ3v) is 1.77. The number of hydrogen-bond acceptors (Lipinski definition) is 5. The van der Waals surface area contributed by atoms with Crippen molar-refractivity contribution in [1.29, 1.82) is 5.41 Å². The molecule has 1 rings (SSSR count). The average molecular weight is 209 g/mol. The second-order valence-corrected chi connectivity index (χ2v) is 2.73.